The Bertz CT molecular complexity index is 1050. The smallest absolute Gasteiger partial charge is 0.232 e. The third-order valence-electron chi connectivity index (χ3n) is 4.91. The molecule has 142 valence electrons. The van der Waals surface area contributed by atoms with Crippen LogP contribution in [0.15, 0.2) is 51.9 Å². The molecule has 2 aliphatic heterocycles. The minimum absolute atomic E-state index is 0.0612. The fourth-order valence-electron chi connectivity index (χ4n) is 3.45. The highest BCUT2D eigenvalue weighted by Crippen LogP contribution is 2.36. The number of aromatic nitrogens is 2. The van der Waals surface area contributed by atoms with Gasteiger partial charge in [0.15, 0.2) is 11.5 Å². The average molecular weight is 395 g/mol. The lowest BCUT2D eigenvalue weighted by molar-refractivity contribution is -0.117. The molecule has 3 aromatic rings. The van der Waals surface area contributed by atoms with E-state index in [1.165, 1.54) is 0 Å². The van der Waals surface area contributed by atoms with Crippen molar-refractivity contribution in [2.24, 2.45) is 0 Å². The number of benzene rings is 2. The quantitative estimate of drug-likeness (QED) is 0.623. The lowest BCUT2D eigenvalue weighted by atomic mass is 10.1. The SMILES string of the molecule is CSc1cccc(N2CC(c3nc(-c4ccc5c(c4)OCO5)no3)CC2=O)c1. The first-order valence-corrected chi connectivity index (χ1v) is 10.1. The fraction of sp³-hybridized carbons (Fsp3) is 0.250. The van der Waals surface area contributed by atoms with Gasteiger partial charge in [0.25, 0.3) is 0 Å². The lowest BCUT2D eigenvalue weighted by Gasteiger charge is -2.16. The molecule has 5 rings (SSSR count). The maximum atomic E-state index is 12.6. The van der Waals surface area contributed by atoms with Crippen molar-refractivity contribution in [1.82, 2.24) is 10.1 Å². The summed E-state index contributed by atoms with van der Waals surface area (Å²) >= 11 is 1.65. The summed E-state index contributed by atoms with van der Waals surface area (Å²) in [6.07, 6.45) is 2.37. The standard InChI is InChI=1S/C20H17N3O4S/c1-28-15-4-2-3-14(9-15)23-10-13(8-18(23)24)20-21-19(22-27-20)12-5-6-16-17(7-12)26-11-25-16/h2-7,9,13H,8,10-11H2,1H3. The predicted molar refractivity (Wildman–Crippen MR) is 104 cm³/mol. The number of anilines is 1. The van der Waals surface area contributed by atoms with Crippen LogP contribution in [0.1, 0.15) is 18.2 Å². The van der Waals surface area contributed by atoms with E-state index in [2.05, 4.69) is 10.1 Å². The van der Waals surface area contributed by atoms with E-state index < -0.39 is 0 Å². The zero-order valence-electron chi connectivity index (χ0n) is 15.1. The summed E-state index contributed by atoms with van der Waals surface area (Å²) in [7, 11) is 0. The molecule has 1 amide bonds. The predicted octanol–water partition coefficient (Wildman–Crippen LogP) is 3.71. The Morgan fingerprint density at radius 2 is 2.04 bits per heavy atom. The van der Waals surface area contributed by atoms with E-state index in [0.29, 0.717) is 36.2 Å². The van der Waals surface area contributed by atoms with Crippen LogP contribution in [0.2, 0.25) is 0 Å². The number of nitrogens with zero attached hydrogens (tertiary/aromatic N) is 3. The Balaban J connectivity index is 1.37. The van der Waals surface area contributed by atoms with E-state index in [1.54, 1.807) is 16.7 Å². The number of fused-ring (bicyclic) bond motifs is 1. The van der Waals surface area contributed by atoms with Crippen LogP contribution in [0, 0.1) is 0 Å². The van der Waals surface area contributed by atoms with Crippen LogP contribution >= 0.6 is 11.8 Å². The maximum absolute atomic E-state index is 12.6. The molecule has 2 aromatic carbocycles. The molecule has 1 aromatic heterocycles. The highest BCUT2D eigenvalue weighted by atomic mass is 32.2. The summed E-state index contributed by atoms with van der Waals surface area (Å²) in [5, 5.41) is 4.09. The topological polar surface area (TPSA) is 77.7 Å². The molecule has 28 heavy (non-hydrogen) atoms. The third kappa shape index (κ3) is 2.99. The molecular formula is C20H17N3O4S. The molecule has 1 atom stereocenters. The molecule has 8 heteroatoms. The molecule has 0 radical (unpaired) electrons. The van der Waals surface area contributed by atoms with Crippen molar-refractivity contribution in [1.29, 1.82) is 0 Å². The number of hydrogen-bond acceptors (Lipinski definition) is 7. The zero-order chi connectivity index (χ0) is 19.1. The van der Waals surface area contributed by atoms with Crippen LogP contribution < -0.4 is 14.4 Å². The largest absolute Gasteiger partial charge is 0.454 e. The van der Waals surface area contributed by atoms with Crippen molar-refractivity contribution in [3.63, 3.8) is 0 Å². The van der Waals surface area contributed by atoms with Gasteiger partial charge >= 0.3 is 0 Å². The van der Waals surface area contributed by atoms with Crippen molar-refractivity contribution in [2.75, 3.05) is 24.5 Å². The summed E-state index contributed by atoms with van der Waals surface area (Å²) in [6.45, 7) is 0.744. The molecule has 1 saturated heterocycles. The third-order valence-corrected chi connectivity index (χ3v) is 5.64. The molecule has 0 aliphatic carbocycles. The Morgan fingerprint density at radius 1 is 1.14 bits per heavy atom. The molecule has 7 nitrogen and oxygen atoms in total. The number of hydrogen-bond donors (Lipinski definition) is 0. The Morgan fingerprint density at radius 3 is 2.93 bits per heavy atom. The van der Waals surface area contributed by atoms with Gasteiger partial charge < -0.3 is 18.9 Å². The van der Waals surface area contributed by atoms with E-state index in [1.807, 2.05) is 48.7 Å². The highest BCUT2D eigenvalue weighted by molar-refractivity contribution is 7.98. The van der Waals surface area contributed by atoms with Crippen molar-refractivity contribution < 1.29 is 18.8 Å². The van der Waals surface area contributed by atoms with Crippen molar-refractivity contribution in [2.45, 2.75) is 17.2 Å². The van der Waals surface area contributed by atoms with Crippen molar-refractivity contribution in [3.8, 4) is 22.9 Å². The average Bonchev–Trinajstić information content (AvgIpc) is 3.46. The van der Waals surface area contributed by atoms with E-state index in [9.17, 15) is 4.79 Å². The van der Waals surface area contributed by atoms with Gasteiger partial charge in [-0.3, -0.25) is 4.79 Å². The molecule has 1 unspecified atom stereocenters. The van der Waals surface area contributed by atoms with Gasteiger partial charge in [-0.15, -0.1) is 11.8 Å². The van der Waals surface area contributed by atoms with Crippen LogP contribution in [0.4, 0.5) is 5.69 Å². The molecule has 0 spiro atoms. The fourth-order valence-corrected chi connectivity index (χ4v) is 3.91. The van der Waals surface area contributed by atoms with E-state index in [0.717, 1.165) is 16.1 Å². The van der Waals surface area contributed by atoms with Crippen molar-refractivity contribution >= 4 is 23.4 Å². The first kappa shape index (κ1) is 17.1. The Labute approximate surface area is 165 Å². The van der Waals surface area contributed by atoms with Gasteiger partial charge in [0.1, 0.15) is 0 Å². The summed E-state index contributed by atoms with van der Waals surface area (Å²) in [5.41, 5.74) is 1.68. The first-order chi connectivity index (χ1) is 13.7. The van der Waals surface area contributed by atoms with Gasteiger partial charge in [0, 0.05) is 29.1 Å². The van der Waals surface area contributed by atoms with E-state index in [-0.39, 0.29) is 18.6 Å². The summed E-state index contributed by atoms with van der Waals surface area (Å²) in [5.74, 6) is 2.26. The summed E-state index contributed by atoms with van der Waals surface area (Å²) < 4.78 is 16.2. The molecule has 0 N–H and O–H groups in total. The van der Waals surface area contributed by atoms with Gasteiger partial charge in [-0.2, -0.15) is 4.98 Å². The van der Waals surface area contributed by atoms with E-state index >= 15 is 0 Å². The Kier molecular flexibility index (Phi) is 4.20. The number of amides is 1. The minimum Gasteiger partial charge on any atom is -0.454 e. The van der Waals surface area contributed by atoms with Crippen LogP contribution in [0.3, 0.4) is 0 Å². The zero-order valence-corrected chi connectivity index (χ0v) is 15.9. The second-order valence-electron chi connectivity index (χ2n) is 6.63. The molecule has 1 fully saturated rings. The van der Waals surface area contributed by atoms with Crippen molar-refractivity contribution in [3.05, 3.63) is 48.4 Å². The minimum atomic E-state index is -0.124. The Hall–Kier alpha value is -3.00. The van der Waals surface area contributed by atoms with Crippen LogP contribution in [-0.4, -0.2) is 35.6 Å². The van der Waals surface area contributed by atoms with Gasteiger partial charge in [-0.25, -0.2) is 0 Å². The van der Waals surface area contributed by atoms with Crippen LogP contribution in [0.25, 0.3) is 11.4 Å². The molecule has 3 heterocycles. The van der Waals surface area contributed by atoms with E-state index in [4.69, 9.17) is 14.0 Å². The van der Waals surface area contributed by atoms with Crippen LogP contribution in [0.5, 0.6) is 11.5 Å². The lowest BCUT2D eigenvalue weighted by Crippen LogP contribution is -2.24. The van der Waals surface area contributed by atoms with Gasteiger partial charge in [0.05, 0.1) is 5.92 Å². The summed E-state index contributed by atoms with van der Waals surface area (Å²) in [4.78, 5) is 20.0. The summed E-state index contributed by atoms with van der Waals surface area (Å²) in [6, 6.07) is 13.5. The number of ether oxygens (including phenoxy) is 2. The number of rotatable bonds is 4. The number of thioether (sulfide) groups is 1. The van der Waals surface area contributed by atoms with Crippen LogP contribution in [-0.2, 0) is 4.79 Å². The number of carbonyl (C=O) groups excluding carboxylic acids is 1. The molecule has 0 bridgehead atoms. The molecule has 0 saturated carbocycles. The second kappa shape index (κ2) is 6.87. The molecule has 2 aliphatic rings. The normalized spacial score (nSPS) is 18.1. The van der Waals surface area contributed by atoms with Gasteiger partial charge in [0.2, 0.25) is 24.4 Å². The first-order valence-electron chi connectivity index (χ1n) is 8.89. The monoisotopic (exact) mass is 395 g/mol. The second-order valence-corrected chi connectivity index (χ2v) is 7.51. The highest BCUT2D eigenvalue weighted by Gasteiger charge is 2.35. The van der Waals surface area contributed by atoms with Gasteiger partial charge in [-0.05, 0) is 42.7 Å². The molecular weight excluding hydrogens is 378 g/mol. The number of carbonyl (C=O) groups is 1. The van der Waals surface area contributed by atoms with Gasteiger partial charge in [-0.1, -0.05) is 11.2 Å². The maximum Gasteiger partial charge on any atom is 0.232 e.